The molecule has 0 bridgehead atoms. The van der Waals surface area contributed by atoms with E-state index < -0.39 is 0 Å². The number of hydrogen-bond donors (Lipinski definition) is 0. The van der Waals surface area contributed by atoms with E-state index >= 15 is 0 Å². The molecule has 1 heterocycles. The van der Waals surface area contributed by atoms with Gasteiger partial charge in [-0.15, -0.1) is 0 Å². The van der Waals surface area contributed by atoms with Gasteiger partial charge >= 0.3 is 5.97 Å². The maximum Gasteiger partial charge on any atom is 0.312 e. The summed E-state index contributed by atoms with van der Waals surface area (Å²) in [5.41, 5.74) is 1.12. The van der Waals surface area contributed by atoms with Crippen molar-refractivity contribution in [1.82, 2.24) is 0 Å². The van der Waals surface area contributed by atoms with E-state index in [9.17, 15) is 4.79 Å². The van der Waals surface area contributed by atoms with Crippen LogP contribution in [0.3, 0.4) is 0 Å². The zero-order valence-corrected chi connectivity index (χ0v) is 8.42. The van der Waals surface area contributed by atoms with Crippen molar-refractivity contribution in [3.05, 3.63) is 12.2 Å². The highest BCUT2D eigenvalue weighted by atomic mass is 16.5. The first-order chi connectivity index (χ1) is 6.71. The number of esters is 1. The van der Waals surface area contributed by atoms with Gasteiger partial charge in [0, 0.05) is 5.92 Å². The summed E-state index contributed by atoms with van der Waals surface area (Å²) in [5.74, 6) is 1.31. The number of allylic oxidation sites excluding steroid dienone is 1. The lowest BCUT2D eigenvalue weighted by Crippen LogP contribution is -2.29. The minimum Gasteiger partial charge on any atom is -0.465 e. The molecule has 0 spiro atoms. The van der Waals surface area contributed by atoms with Crippen LogP contribution in [0.25, 0.3) is 0 Å². The summed E-state index contributed by atoms with van der Waals surface area (Å²) in [6.07, 6.45) is 5.60. The molecule has 0 aromatic rings. The number of hydrogen-bond acceptors (Lipinski definition) is 2. The largest absolute Gasteiger partial charge is 0.465 e. The third-order valence-corrected chi connectivity index (χ3v) is 4.05. The summed E-state index contributed by atoms with van der Waals surface area (Å²) in [7, 11) is 0. The average Bonchev–Trinajstić information content (AvgIpc) is 2.80. The van der Waals surface area contributed by atoms with E-state index in [0.29, 0.717) is 12.5 Å². The maximum atomic E-state index is 11.8. The van der Waals surface area contributed by atoms with Gasteiger partial charge in [-0.1, -0.05) is 25.0 Å². The summed E-state index contributed by atoms with van der Waals surface area (Å²) in [6.45, 7) is 4.68. The van der Waals surface area contributed by atoms with Crippen molar-refractivity contribution in [2.45, 2.75) is 32.1 Å². The molecule has 2 saturated carbocycles. The van der Waals surface area contributed by atoms with Gasteiger partial charge in [0.15, 0.2) is 0 Å². The smallest absolute Gasteiger partial charge is 0.312 e. The van der Waals surface area contributed by atoms with E-state index in [-0.39, 0.29) is 11.4 Å². The predicted molar refractivity (Wildman–Crippen MR) is 52.6 cm³/mol. The van der Waals surface area contributed by atoms with Crippen molar-refractivity contribution in [1.29, 1.82) is 0 Å². The number of ether oxygens (including phenoxy) is 1. The lowest BCUT2D eigenvalue weighted by atomic mass is 9.76. The van der Waals surface area contributed by atoms with Crippen LogP contribution < -0.4 is 0 Å². The molecule has 2 atom stereocenters. The van der Waals surface area contributed by atoms with Crippen molar-refractivity contribution in [3.8, 4) is 0 Å². The molecule has 3 aliphatic rings. The molecule has 1 aliphatic heterocycles. The quantitative estimate of drug-likeness (QED) is 0.495. The topological polar surface area (TPSA) is 26.3 Å². The Morgan fingerprint density at radius 2 is 2.29 bits per heavy atom. The molecular weight excluding hydrogens is 176 g/mol. The number of rotatable bonds is 2. The summed E-state index contributed by atoms with van der Waals surface area (Å²) < 4.78 is 5.22. The van der Waals surface area contributed by atoms with Crippen LogP contribution in [0.15, 0.2) is 12.2 Å². The van der Waals surface area contributed by atoms with Gasteiger partial charge in [0.1, 0.15) is 0 Å². The Kier molecular flexibility index (Phi) is 1.59. The Balaban J connectivity index is 1.89. The maximum absolute atomic E-state index is 11.8. The fraction of sp³-hybridized carbons (Fsp3) is 0.750. The standard InChI is InChI=1S/C12H16O2/c1-8-4-10-7-14-11(13)12(10,5-8)6-9-2-3-9/h9-10H,1-7H2. The Hall–Kier alpha value is -0.790. The molecule has 3 fully saturated rings. The lowest BCUT2D eigenvalue weighted by molar-refractivity contribution is -0.146. The molecule has 76 valence electrons. The van der Waals surface area contributed by atoms with Gasteiger partial charge in [-0.2, -0.15) is 0 Å². The first kappa shape index (κ1) is 8.51. The molecule has 0 amide bonds. The molecule has 0 aromatic carbocycles. The third-order valence-electron chi connectivity index (χ3n) is 4.05. The molecule has 0 N–H and O–H groups in total. The summed E-state index contributed by atoms with van der Waals surface area (Å²) in [4.78, 5) is 11.8. The van der Waals surface area contributed by atoms with E-state index in [1.165, 1.54) is 18.4 Å². The van der Waals surface area contributed by atoms with Gasteiger partial charge in [-0.3, -0.25) is 4.79 Å². The van der Waals surface area contributed by atoms with Crippen molar-refractivity contribution in [3.63, 3.8) is 0 Å². The van der Waals surface area contributed by atoms with Crippen LogP contribution >= 0.6 is 0 Å². The minimum absolute atomic E-state index is 0.0630. The molecule has 0 radical (unpaired) electrons. The normalized spacial score (nSPS) is 41.3. The molecule has 2 nitrogen and oxygen atoms in total. The Morgan fingerprint density at radius 1 is 1.50 bits per heavy atom. The second-order valence-electron chi connectivity index (χ2n) is 5.23. The summed E-state index contributed by atoms with van der Waals surface area (Å²) >= 11 is 0. The van der Waals surface area contributed by atoms with Gasteiger partial charge in [0.2, 0.25) is 0 Å². The number of carbonyl (C=O) groups is 1. The molecule has 3 rings (SSSR count). The first-order valence-electron chi connectivity index (χ1n) is 5.54. The van der Waals surface area contributed by atoms with Crippen LogP contribution in [0, 0.1) is 17.3 Å². The molecule has 14 heavy (non-hydrogen) atoms. The highest BCUT2D eigenvalue weighted by Gasteiger charge is 2.57. The van der Waals surface area contributed by atoms with Gasteiger partial charge in [-0.25, -0.2) is 0 Å². The third kappa shape index (κ3) is 1.06. The molecule has 0 aromatic heterocycles. The number of fused-ring (bicyclic) bond motifs is 1. The zero-order chi connectivity index (χ0) is 9.76. The van der Waals surface area contributed by atoms with E-state index in [0.717, 1.165) is 25.2 Å². The lowest BCUT2D eigenvalue weighted by Gasteiger charge is -2.23. The summed E-state index contributed by atoms with van der Waals surface area (Å²) in [5, 5.41) is 0. The van der Waals surface area contributed by atoms with E-state index in [4.69, 9.17) is 4.74 Å². The fourth-order valence-corrected chi connectivity index (χ4v) is 3.14. The monoisotopic (exact) mass is 192 g/mol. The highest BCUT2D eigenvalue weighted by Crippen LogP contribution is 2.56. The van der Waals surface area contributed by atoms with Crippen molar-refractivity contribution in [2.75, 3.05) is 6.61 Å². The van der Waals surface area contributed by atoms with Crippen LogP contribution in [-0.4, -0.2) is 12.6 Å². The van der Waals surface area contributed by atoms with Crippen LogP contribution in [0.1, 0.15) is 32.1 Å². The molecule has 2 aliphatic carbocycles. The first-order valence-corrected chi connectivity index (χ1v) is 5.54. The summed E-state index contributed by atoms with van der Waals surface area (Å²) in [6, 6.07) is 0. The van der Waals surface area contributed by atoms with E-state index in [1.807, 2.05) is 0 Å². The molecule has 1 saturated heterocycles. The molecule has 2 unspecified atom stereocenters. The molecule has 2 heteroatoms. The Labute approximate surface area is 84.3 Å². The second kappa shape index (κ2) is 2.62. The zero-order valence-electron chi connectivity index (χ0n) is 8.42. The van der Waals surface area contributed by atoms with Gasteiger partial charge < -0.3 is 4.74 Å². The van der Waals surface area contributed by atoms with E-state index in [1.54, 1.807) is 0 Å². The van der Waals surface area contributed by atoms with Crippen molar-refractivity contribution in [2.24, 2.45) is 17.3 Å². The highest BCUT2D eigenvalue weighted by molar-refractivity contribution is 5.80. The van der Waals surface area contributed by atoms with Crippen LogP contribution in [0.5, 0.6) is 0 Å². The van der Waals surface area contributed by atoms with Gasteiger partial charge in [-0.05, 0) is 25.2 Å². The molecular formula is C12H16O2. The van der Waals surface area contributed by atoms with Crippen LogP contribution in [-0.2, 0) is 9.53 Å². The Morgan fingerprint density at radius 3 is 3.00 bits per heavy atom. The fourth-order valence-electron chi connectivity index (χ4n) is 3.14. The Bertz CT molecular complexity index is 303. The van der Waals surface area contributed by atoms with Crippen LogP contribution in [0.2, 0.25) is 0 Å². The SMILES string of the molecule is C=C1CC2COC(=O)C2(CC2CC2)C1. The van der Waals surface area contributed by atoms with Crippen LogP contribution in [0.4, 0.5) is 0 Å². The number of cyclic esters (lactones) is 1. The van der Waals surface area contributed by atoms with Gasteiger partial charge in [0.05, 0.1) is 12.0 Å². The van der Waals surface area contributed by atoms with Crippen molar-refractivity contribution >= 4 is 5.97 Å². The van der Waals surface area contributed by atoms with E-state index in [2.05, 4.69) is 6.58 Å². The van der Waals surface area contributed by atoms with Crippen molar-refractivity contribution < 1.29 is 9.53 Å². The number of carbonyl (C=O) groups excluding carboxylic acids is 1. The minimum atomic E-state index is -0.141. The van der Waals surface area contributed by atoms with Gasteiger partial charge in [0.25, 0.3) is 0 Å². The average molecular weight is 192 g/mol. The predicted octanol–water partition coefficient (Wildman–Crippen LogP) is 2.30. The second-order valence-corrected chi connectivity index (χ2v) is 5.23.